The molecule has 8 heteroatoms. The Morgan fingerprint density at radius 1 is 1.00 bits per heavy atom. The van der Waals surface area contributed by atoms with Crippen LogP contribution in [0.3, 0.4) is 0 Å². The van der Waals surface area contributed by atoms with Crippen molar-refractivity contribution in [1.82, 2.24) is 24.7 Å². The van der Waals surface area contributed by atoms with E-state index in [9.17, 15) is 8.78 Å². The van der Waals surface area contributed by atoms with Crippen molar-refractivity contribution < 1.29 is 13.3 Å². The van der Waals surface area contributed by atoms with Crippen LogP contribution in [-0.2, 0) is 6.54 Å². The fourth-order valence-corrected chi connectivity index (χ4v) is 5.15. The van der Waals surface area contributed by atoms with E-state index < -0.39 is 5.92 Å². The van der Waals surface area contributed by atoms with Crippen molar-refractivity contribution in [3.8, 4) is 22.3 Å². The van der Waals surface area contributed by atoms with Gasteiger partial charge in [-0.25, -0.2) is 18.7 Å². The van der Waals surface area contributed by atoms with Gasteiger partial charge in [-0.05, 0) is 51.5 Å². The highest BCUT2D eigenvalue weighted by Crippen LogP contribution is 2.40. The normalized spacial score (nSPS) is 18.6. The van der Waals surface area contributed by atoms with Gasteiger partial charge in [0.05, 0.1) is 16.7 Å². The first-order valence-electron chi connectivity index (χ1n) is 12.0. The number of hydrogen-bond donors (Lipinski definition) is 0. The third kappa shape index (κ3) is 3.89. The fraction of sp³-hybridized carbons (Fsp3) is 0.462. The van der Waals surface area contributed by atoms with Crippen molar-refractivity contribution in [2.75, 3.05) is 0 Å². The predicted octanol–water partition coefficient (Wildman–Crippen LogP) is 6.47. The van der Waals surface area contributed by atoms with E-state index >= 15 is 0 Å². The smallest absolute Gasteiger partial charge is 0.248 e. The minimum absolute atomic E-state index is 0.0389. The molecule has 4 aromatic heterocycles. The Balaban J connectivity index is 1.42. The maximum atomic E-state index is 13.7. The number of aryl methyl sites for hydroxylation is 2. The van der Waals surface area contributed by atoms with E-state index in [1.54, 1.807) is 0 Å². The molecular weight excluding hydrogens is 436 g/mol. The lowest BCUT2D eigenvalue weighted by Crippen LogP contribution is -2.26. The Morgan fingerprint density at radius 2 is 1.71 bits per heavy atom. The van der Waals surface area contributed by atoms with Crippen LogP contribution in [0.1, 0.15) is 61.7 Å². The van der Waals surface area contributed by atoms with E-state index in [1.807, 2.05) is 32.4 Å². The zero-order valence-electron chi connectivity index (χ0n) is 19.4. The number of hydrogen-bond acceptors (Lipinski definition) is 5. The molecular formula is C26H27F2N5O. The summed E-state index contributed by atoms with van der Waals surface area (Å²) in [5.41, 5.74) is 6.40. The van der Waals surface area contributed by atoms with E-state index in [0.29, 0.717) is 25.3 Å². The second-order valence-corrected chi connectivity index (χ2v) is 9.89. The molecule has 0 amide bonds. The Hall–Kier alpha value is -3.16. The molecule has 2 saturated carbocycles. The highest BCUT2D eigenvalue weighted by Gasteiger charge is 2.35. The van der Waals surface area contributed by atoms with Crippen molar-refractivity contribution in [2.45, 2.75) is 70.8 Å². The number of nitrogens with zero attached hydrogens (tertiary/aromatic N) is 5. The molecule has 0 spiro atoms. The first-order valence-corrected chi connectivity index (χ1v) is 12.0. The lowest BCUT2D eigenvalue weighted by atomic mass is 9.87. The number of rotatable bonds is 5. The van der Waals surface area contributed by atoms with E-state index in [-0.39, 0.29) is 18.8 Å². The van der Waals surface area contributed by atoms with Crippen molar-refractivity contribution in [3.63, 3.8) is 0 Å². The maximum Gasteiger partial charge on any atom is 0.248 e. The van der Waals surface area contributed by atoms with Crippen LogP contribution in [0.15, 0.2) is 35.4 Å². The van der Waals surface area contributed by atoms with Crippen LogP contribution < -0.4 is 0 Å². The minimum Gasteiger partial charge on any atom is -0.361 e. The minimum atomic E-state index is -2.53. The largest absolute Gasteiger partial charge is 0.361 e. The van der Waals surface area contributed by atoms with Gasteiger partial charge in [0.15, 0.2) is 0 Å². The molecule has 2 aliphatic rings. The van der Waals surface area contributed by atoms with Crippen LogP contribution in [0.5, 0.6) is 0 Å². The lowest BCUT2D eigenvalue weighted by Gasteiger charge is -2.28. The third-order valence-electron chi connectivity index (χ3n) is 7.26. The van der Waals surface area contributed by atoms with Crippen molar-refractivity contribution in [3.05, 3.63) is 48.1 Å². The molecule has 0 aromatic carbocycles. The molecule has 0 N–H and O–H groups in total. The Morgan fingerprint density at radius 3 is 2.35 bits per heavy atom. The van der Waals surface area contributed by atoms with Crippen LogP contribution in [0, 0.1) is 19.8 Å². The monoisotopic (exact) mass is 463 g/mol. The number of fused-ring (bicyclic) bond motifs is 1. The van der Waals surface area contributed by atoms with Crippen LogP contribution in [0.4, 0.5) is 8.78 Å². The highest BCUT2D eigenvalue weighted by atomic mass is 19.3. The second-order valence-electron chi connectivity index (χ2n) is 9.89. The van der Waals surface area contributed by atoms with Gasteiger partial charge in [0.1, 0.15) is 11.6 Å². The van der Waals surface area contributed by atoms with E-state index in [2.05, 4.69) is 32.0 Å². The quantitative estimate of drug-likeness (QED) is 0.339. The number of halogens is 2. The van der Waals surface area contributed by atoms with Gasteiger partial charge >= 0.3 is 0 Å². The standard InChI is InChI=1S/C26H27F2N5O/c1-15-23(16(2)34-32-15)19-9-22-24(29-10-19)21(20-11-30-25(31-12-20)18-3-4-18)14-33(22)13-17-5-7-26(27,28)8-6-17/h9-12,14,17-18H,3-8,13H2,1-2H3. The molecule has 0 atom stereocenters. The Kier molecular flexibility index (Phi) is 5.00. The summed E-state index contributed by atoms with van der Waals surface area (Å²) in [4.78, 5) is 14.0. The van der Waals surface area contributed by atoms with E-state index in [1.165, 1.54) is 0 Å². The molecule has 0 saturated heterocycles. The fourth-order valence-electron chi connectivity index (χ4n) is 5.15. The molecule has 6 nitrogen and oxygen atoms in total. The van der Waals surface area contributed by atoms with Gasteiger partial charge in [-0.1, -0.05) is 5.16 Å². The average molecular weight is 464 g/mol. The molecule has 0 unspecified atom stereocenters. The first kappa shape index (κ1) is 21.4. The van der Waals surface area contributed by atoms with Gasteiger partial charge in [-0.3, -0.25) is 4.98 Å². The summed E-state index contributed by atoms with van der Waals surface area (Å²) < 4.78 is 35.0. The lowest BCUT2D eigenvalue weighted by molar-refractivity contribution is -0.0472. The molecule has 176 valence electrons. The summed E-state index contributed by atoms with van der Waals surface area (Å²) in [6.07, 6.45) is 11.0. The number of pyridine rings is 1. The molecule has 0 bridgehead atoms. The summed E-state index contributed by atoms with van der Waals surface area (Å²) in [6, 6.07) is 2.11. The summed E-state index contributed by atoms with van der Waals surface area (Å²) in [7, 11) is 0. The SMILES string of the molecule is Cc1noc(C)c1-c1cnc2c(-c3cnc(C4CC4)nc3)cn(CC3CCC(F)(F)CC3)c2c1. The van der Waals surface area contributed by atoms with Crippen LogP contribution >= 0.6 is 0 Å². The zero-order valence-corrected chi connectivity index (χ0v) is 19.4. The topological polar surface area (TPSA) is 69.6 Å². The molecule has 0 radical (unpaired) electrons. The zero-order chi connectivity index (χ0) is 23.4. The van der Waals surface area contributed by atoms with Gasteiger partial charge in [-0.15, -0.1) is 0 Å². The Labute approximate surface area is 196 Å². The third-order valence-corrected chi connectivity index (χ3v) is 7.26. The highest BCUT2D eigenvalue weighted by molar-refractivity contribution is 5.94. The van der Waals surface area contributed by atoms with Gasteiger partial charge in [-0.2, -0.15) is 0 Å². The molecule has 2 fully saturated rings. The van der Waals surface area contributed by atoms with Crippen LogP contribution in [-0.4, -0.2) is 30.6 Å². The predicted molar refractivity (Wildman–Crippen MR) is 125 cm³/mol. The first-order chi connectivity index (χ1) is 16.4. The van der Waals surface area contributed by atoms with E-state index in [4.69, 9.17) is 9.51 Å². The summed E-state index contributed by atoms with van der Waals surface area (Å²) in [5, 5.41) is 4.09. The van der Waals surface area contributed by atoms with Gasteiger partial charge in [0, 0.05) is 72.3 Å². The van der Waals surface area contributed by atoms with Gasteiger partial charge in [0.25, 0.3) is 0 Å². The summed E-state index contributed by atoms with van der Waals surface area (Å²) in [6.45, 7) is 4.49. The van der Waals surface area contributed by atoms with Crippen molar-refractivity contribution in [2.24, 2.45) is 5.92 Å². The molecule has 0 aliphatic heterocycles. The van der Waals surface area contributed by atoms with Crippen LogP contribution in [0.2, 0.25) is 0 Å². The van der Waals surface area contributed by atoms with Crippen molar-refractivity contribution >= 4 is 11.0 Å². The molecule has 4 aromatic rings. The molecule has 2 aliphatic carbocycles. The average Bonchev–Trinajstić information content (AvgIpc) is 3.54. The molecule has 34 heavy (non-hydrogen) atoms. The second kappa shape index (κ2) is 7.96. The van der Waals surface area contributed by atoms with Crippen LogP contribution in [0.25, 0.3) is 33.3 Å². The van der Waals surface area contributed by atoms with Gasteiger partial charge in [0.2, 0.25) is 5.92 Å². The summed E-state index contributed by atoms with van der Waals surface area (Å²) >= 11 is 0. The summed E-state index contributed by atoms with van der Waals surface area (Å²) in [5.74, 6) is -0.172. The van der Waals surface area contributed by atoms with E-state index in [0.717, 1.165) is 63.4 Å². The van der Waals surface area contributed by atoms with Gasteiger partial charge < -0.3 is 9.09 Å². The Bertz CT molecular complexity index is 1320. The maximum absolute atomic E-state index is 13.7. The number of aromatic nitrogens is 5. The molecule has 4 heterocycles. The molecule has 6 rings (SSSR count). The van der Waals surface area contributed by atoms with Crippen molar-refractivity contribution in [1.29, 1.82) is 0 Å². The number of alkyl halides is 2.